The maximum Gasteiger partial charge on any atom is 0.268 e. The molecule has 0 fully saturated rings. The molecule has 0 aliphatic carbocycles. The summed E-state index contributed by atoms with van der Waals surface area (Å²) in [4.78, 5) is 23.2. The van der Waals surface area contributed by atoms with Crippen molar-refractivity contribution in [1.29, 1.82) is 0 Å². The number of rotatable bonds is 6. The van der Waals surface area contributed by atoms with E-state index in [0.717, 1.165) is 46.4 Å². The SMILES string of the molecule is CCCCCCn1/c(=C/c2c(O)c(=O)c2=O)c2cccc3cccc1c32. The van der Waals surface area contributed by atoms with Crippen LogP contribution in [0.2, 0.25) is 0 Å². The number of unbranched alkanes of at least 4 members (excludes halogenated alkanes) is 3. The molecule has 4 aromatic rings. The third-order valence-electron chi connectivity index (χ3n) is 5.18. The van der Waals surface area contributed by atoms with E-state index >= 15 is 0 Å². The van der Waals surface area contributed by atoms with E-state index < -0.39 is 16.6 Å². The molecule has 4 heteroatoms. The zero-order valence-electron chi connectivity index (χ0n) is 14.8. The predicted octanol–water partition coefficient (Wildman–Crippen LogP) is 3.22. The molecule has 0 saturated heterocycles. The predicted molar refractivity (Wildman–Crippen MR) is 105 cm³/mol. The van der Waals surface area contributed by atoms with Gasteiger partial charge in [0.05, 0.1) is 5.56 Å². The highest BCUT2D eigenvalue weighted by Crippen LogP contribution is 2.26. The minimum Gasteiger partial charge on any atom is -0.504 e. The van der Waals surface area contributed by atoms with Crippen LogP contribution in [0.1, 0.15) is 38.2 Å². The average Bonchev–Trinajstić information content (AvgIpc) is 2.97. The van der Waals surface area contributed by atoms with Gasteiger partial charge >= 0.3 is 0 Å². The first-order valence-corrected chi connectivity index (χ1v) is 9.17. The summed E-state index contributed by atoms with van der Waals surface area (Å²) < 4.78 is 2.21. The summed E-state index contributed by atoms with van der Waals surface area (Å²) in [7, 11) is 0. The van der Waals surface area contributed by atoms with Crippen molar-refractivity contribution in [3.8, 4) is 5.75 Å². The van der Waals surface area contributed by atoms with E-state index in [0.29, 0.717) is 0 Å². The number of aryl methyl sites for hydroxylation is 1. The topological polar surface area (TPSA) is 59.3 Å². The second kappa shape index (κ2) is 6.45. The van der Waals surface area contributed by atoms with Gasteiger partial charge in [0, 0.05) is 28.2 Å². The molecule has 26 heavy (non-hydrogen) atoms. The van der Waals surface area contributed by atoms with E-state index in [4.69, 9.17) is 0 Å². The summed E-state index contributed by atoms with van der Waals surface area (Å²) in [6.45, 7) is 3.03. The lowest BCUT2D eigenvalue weighted by atomic mass is 10.1. The molecule has 1 aromatic heterocycles. The fourth-order valence-electron chi connectivity index (χ4n) is 3.80. The molecule has 0 radical (unpaired) electrons. The van der Waals surface area contributed by atoms with Crippen molar-refractivity contribution in [2.45, 2.75) is 39.2 Å². The highest BCUT2D eigenvalue weighted by molar-refractivity contribution is 6.10. The quantitative estimate of drug-likeness (QED) is 0.430. The third kappa shape index (κ3) is 2.45. The lowest BCUT2D eigenvalue weighted by molar-refractivity contribution is 0.461. The molecule has 0 bridgehead atoms. The van der Waals surface area contributed by atoms with Crippen molar-refractivity contribution in [2.75, 3.05) is 0 Å². The average molecular weight is 347 g/mol. The van der Waals surface area contributed by atoms with Gasteiger partial charge in [0.2, 0.25) is 5.43 Å². The molecule has 0 aliphatic rings. The monoisotopic (exact) mass is 347 g/mol. The molecule has 0 amide bonds. The molecule has 0 aliphatic heterocycles. The van der Waals surface area contributed by atoms with Gasteiger partial charge in [0.25, 0.3) is 5.43 Å². The van der Waals surface area contributed by atoms with E-state index in [1.807, 2.05) is 18.2 Å². The maximum atomic E-state index is 11.9. The largest absolute Gasteiger partial charge is 0.504 e. The molecule has 3 aromatic carbocycles. The van der Waals surface area contributed by atoms with E-state index in [2.05, 4.69) is 29.7 Å². The fourth-order valence-corrected chi connectivity index (χ4v) is 3.80. The Morgan fingerprint density at radius 3 is 2.50 bits per heavy atom. The van der Waals surface area contributed by atoms with Crippen LogP contribution < -0.4 is 16.2 Å². The Labute approximate surface area is 150 Å². The Balaban J connectivity index is 1.97. The number of nitrogens with zero attached hydrogens (tertiary/aromatic N) is 1. The number of hydrogen-bond donors (Lipinski definition) is 1. The standard InChI is InChI=1S/C22H21NO3/c1-2-3-4-5-12-23-17-11-7-9-14-8-6-10-15(19(14)17)18(23)13-16-20(24)22(26)21(16)25/h6-11,13,24H,2-5,12H2,1H3/b18-13+. The smallest absolute Gasteiger partial charge is 0.268 e. The molecule has 132 valence electrons. The van der Waals surface area contributed by atoms with Crippen molar-refractivity contribution >= 4 is 27.8 Å². The Hall–Kier alpha value is -2.88. The van der Waals surface area contributed by atoms with Crippen LogP contribution in [0, 0.1) is 0 Å². The van der Waals surface area contributed by atoms with Crippen LogP contribution in [-0.4, -0.2) is 9.67 Å². The first-order chi connectivity index (χ1) is 12.6. The lowest BCUT2D eigenvalue weighted by Crippen LogP contribution is -2.34. The Morgan fingerprint density at radius 2 is 1.77 bits per heavy atom. The summed E-state index contributed by atoms with van der Waals surface area (Å²) in [6, 6.07) is 12.3. The van der Waals surface area contributed by atoms with Crippen LogP contribution in [0.4, 0.5) is 0 Å². The molecule has 0 unspecified atom stereocenters. The van der Waals surface area contributed by atoms with Crippen molar-refractivity contribution in [1.82, 2.24) is 4.57 Å². The summed E-state index contributed by atoms with van der Waals surface area (Å²) in [5.41, 5.74) is -0.156. The molecular weight excluding hydrogens is 326 g/mol. The van der Waals surface area contributed by atoms with E-state index in [-0.39, 0.29) is 5.56 Å². The third-order valence-corrected chi connectivity index (χ3v) is 5.18. The Kier molecular flexibility index (Phi) is 4.11. The van der Waals surface area contributed by atoms with Gasteiger partial charge < -0.3 is 9.67 Å². The number of hydrogen-bond acceptors (Lipinski definition) is 3. The molecule has 0 saturated carbocycles. The van der Waals surface area contributed by atoms with Gasteiger partial charge in [-0.15, -0.1) is 0 Å². The summed E-state index contributed by atoms with van der Waals surface area (Å²) in [5.74, 6) is -0.420. The van der Waals surface area contributed by atoms with Crippen molar-refractivity contribution < 1.29 is 5.11 Å². The van der Waals surface area contributed by atoms with Crippen LogP contribution in [-0.2, 0) is 6.54 Å². The fraction of sp³-hybridized carbons (Fsp3) is 0.273. The van der Waals surface area contributed by atoms with Gasteiger partial charge in [-0.3, -0.25) is 9.59 Å². The maximum absolute atomic E-state index is 11.9. The summed E-state index contributed by atoms with van der Waals surface area (Å²) >= 11 is 0. The second-order valence-corrected chi connectivity index (χ2v) is 6.84. The molecule has 1 heterocycles. The lowest BCUT2D eigenvalue weighted by Gasteiger charge is -2.07. The summed E-state index contributed by atoms with van der Waals surface area (Å²) in [6.07, 6.45) is 6.25. The van der Waals surface area contributed by atoms with Crippen LogP contribution in [0.25, 0.3) is 27.8 Å². The van der Waals surface area contributed by atoms with Crippen molar-refractivity contribution in [3.63, 3.8) is 0 Å². The van der Waals surface area contributed by atoms with Gasteiger partial charge in [-0.1, -0.05) is 56.5 Å². The zero-order valence-corrected chi connectivity index (χ0v) is 14.8. The van der Waals surface area contributed by atoms with Gasteiger partial charge in [-0.25, -0.2) is 0 Å². The van der Waals surface area contributed by atoms with Crippen LogP contribution in [0.15, 0.2) is 46.0 Å². The van der Waals surface area contributed by atoms with E-state index in [1.54, 1.807) is 6.08 Å². The van der Waals surface area contributed by atoms with E-state index in [9.17, 15) is 14.7 Å². The molecule has 4 rings (SSSR count). The van der Waals surface area contributed by atoms with Crippen LogP contribution in [0.5, 0.6) is 5.75 Å². The number of aromatic hydroxyl groups is 1. The minimum absolute atomic E-state index is 0.119. The number of benzene rings is 2. The van der Waals surface area contributed by atoms with Crippen molar-refractivity contribution in [3.05, 3.63) is 67.8 Å². The Morgan fingerprint density at radius 1 is 1.00 bits per heavy atom. The van der Waals surface area contributed by atoms with Gasteiger partial charge in [-0.2, -0.15) is 0 Å². The van der Waals surface area contributed by atoms with Crippen LogP contribution >= 0.6 is 0 Å². The molecule has 0 atom stereocenters. The molecule has 1 N–H and O–H groups in total. The second-order valence-electron chi connectivity index (χ2n) is 6.84. The summed E-state index contributed by atoms with van der Waals surface area (Å²) in [5, 5.41) is 14.0. The van der Waals surface area contributed by atoms with Gasteiger partial charge in [0.15, 0.2) is 5.75 Å². The minimum atomic E-state index is -0.792. The highest BCUT2D eigenvalue weighted by Gasteiger charge is 2.19. The normalized spacial score (nSPS) is 12.7. The molecular formula is C22H21NO3. The Bertz CT molecular complexity index is 1220. The molecule has 0 spiro atoms. The molecule has 4 nitrogen and oxygen atoms in total. The van der Waals surface area contributed by atoms with Gasteiger partial charge in [-0.05, 0) is 23.9 Å². The van der Waals surface area contributed by atoms with Crippen LogP contribution in [0.3, 0.4) is 0 Å². The zero-order chi connectivity index (χ0) is 18.3. The highest BCUT2D eigenvalue weighted by atomic mass is 16.3. The first kappa shape index (κ1) is 16.6. The first-order valence-electron chi connectivity index (χ1n) is 9.17. The number of aromatic nitrogens is 1. The van der Waals surface area contributed by atoms with E-state index in [1.165, 1.54) is 12.8 Å². The van der Waals surface area contributed by atoms with Crippen molar-refractivity contribution in [2.24, 2.45) is 0 Å². The van der Waals surface area contributed by atoms with Gasteiger partial charge in [0.1, 0.15) is 0 Å².